The van der Waals surface area contributed by atoms with Gasteiger partial charge >= 0.3 is 11.9 Å². The minimum Gasteiger partial charge on any atom is -0.473 e. The molecule has 5 N–H and O–H groups in total. The van der Waals surface area contributed by atoms with E-state index in [0.29, 0.717) is 12.5 Å². The van der Waals surface area contributed by atoms with E-state index in [1.54, 1.807) is 0 Å². The van der Waals surface area contributed by atoms with E-state index >= 15 is 0 Å². The van der Waals surface area contributed by atoms with Crippen molar-refractivity contribution in [3.8, 4) is 0 Å². The van der Waals surface area contributed by atoms with E-state index in [4.69, 9.17) is 25.5 Å². The lowest BCUT2D eigenvalue weighted by molar-refractivity contribution is -0.159. The molecule has 21 heavy (non-hydrogen) atoms. The van der Waals surface area contributed by atoms with Gasteiger partial charge in [0.25, 0.3) is 0 Å². The maximum absolute atomic E-state index is 9.10. The summed E-state index contributed by atoms with van der Waals surface area (Å²) in [6.07, 6.45) is 3.02. The zero-order valence-electron chi connectivity index (χ0n) is 12.1. The van der Waals surface area contributed by atoms with Crippen LogP contribution in [0.5, 0.6) is 0 Å². The Morgan fingerprint density at radius 3 is 2.33 bits per heavy atom. The quantitative estimate of drug-likeness (QED) is 0.645. The van der Waals surface area contributed by atoms with Gasteiger partial charge in [-0.25, -0.2) is 9.59 Å². The van der Waals surface area contributed by atoms with Crippen molar-refractivity contribution in [2.24, 2.45) is 5.73 Å². The van der Waals surface area contributed by atoms with E-state index < -0.39 is 11.9 Å². The molecule has 0 saturated carbocycles. The van der Waals surface area contributed by atoms with Gasteiger partial charge in [-0.15, -0.1) is 0 Å². The van der Waals surface area contributed by atoms with Gasteiger partial charge in [0.2, 0.25) is 0 Å². The molecule has 1 heterocycles. The molecule has 2 rings (SSSR count). The van der Waals surface area contributed by atoms with Crippen molar-refractivity contribution in [2.75, 3.05) is 6.54 Å². The van der Waals surface area contributed by atoms with Crippen molar-refractivity contribution in [1.29, 1.82) is 0 Å². The van der Waals surface area contributed by atoms with Crippen LogP contribution in [0, 0.1) is 0 Å². The monoisotopic (exact) mass is 292 g/mol. The number of carboxylic acid groups (broad SMARTS) is 2. The standard InChI is InChI=1S/C13H18N2.C2H2O4/c1-9(2)10-3-4-13-12(7-10)11(5-6-14)8-15-13;3-1(4)2(5)6/h3-4,7-9,15H,5-6,14H2,1-2H3;(H,3,4)(H,5,6). The highest BCUT2D eigenvalue weighted by Gasteiger charge is 2.05. The molecule has 1 aromatic heterocycles. The highest BCUT2D eigenvalue weighted by molar-refractivity contribution is 6.27. The summed E-state index contributed by atoms with van der Waals surface area (Å²) in [6.45, 7) is 5.14. The van der Waals surface area contributed by atoms with Gasteiger partial charge in [0.05, 0.1) is 0 Å². The molecule has 1 aromatic carbocycles. The lowest BCUT2D eigenvalue weighted by atomic mass is 10.00. The molecular formula is C15H20N2O4. The number of carbonyl (C=O) groups is 2. The van der Waals surface area contributed by atoms with Crippen LogP contribution in [0.2, 0.25) is 0 Å². The van der Waals surface area contributed by atoms with Gasteiger partial charge in [0.15, 0.2) is 0 Å². The SMILES string of the molecule is CC(C)c1ccc2[nH]cc(CCN)c2c1.O=C(O)C(=O)O. The van der Waals surface area contributed by atoms with Crippen LogP contribution in [0.3, 0.4) is 0 Å². The van der Waals surface area contributed by atoms with E-state index in [-0.39, 0.29) is 0 Å². The average Bonchev–Trinajstić information content (AvgIpc) is 2.82. The molecule has 2 aromatic rings. The zero-order valence-corrected chi connectivity index (χ0v) is 12.1. The number of H-pyrrole nitrogens is 1. The minimum atomic E-state index is -1.82. The Morgan fingerprint density at radius 2 is 1.86 bits per heavy atom. The molecule has 0 radical (unpaired) electrons. The summed E-state index contributed by atoms with van der Waals surface area (Å²) in [5.41, 5.74) is 9.52. The molecule has 0 aliphatic rings. The molecule has 0 saturated heterocycles. The summed E-state index contributed by atoms with van der Waals surface area (Å²) in [6, 6.07) is 6.63. The Labute approximate surface area is 122 Å². The van der Waals surface area contributed by atoms with Gasteiger partial charge in [-0.3, -0.25) is 0 Å². The number of nitrogens with one attached hydrogen (secondary N) is 1. The highest BCUT2D eigenvalue weighted by Crippen LogP contribution is 2.23. The molecule has 0 unspecified atom stereocenters. The lowest BCUT2D eigenvalue weighted by Crippen LogP contribution is -2.09. The molecule has 0 bridgehead atoms. The average molecular weight is 292 g/mol. The van der Waals surface area contributed by atoms with Crippen molar-refractivity contribution < 1.29 is 19.8 Å². The third kappa shape index (κ3) is 4.61. The number of nitrogens with two attached hydrogens (primary N) is 1. The van der Waals surface area contributed by atoms with Gasteiger partial charge in [0, 0.05) is 17.1 Å². The van der Waals surface area contributed by atoms with Crippen molar-refractivity contribution in [1.82, 2.24) is 4.98 Å². The molecule has 6 nitrogen and oxygen atoms in total. The molecule has 0 amide bonds. The third-order valence-electron chi connectivity index (χ3n) is 3.05. The van der Waals surface area contributed by atoms with E-state index in [1.165, 1.54) is 22.0 Å². The molecular weight excluding hydrogens is 272 g/mol. The van der Waals surface area contributed by atoms with Gasteiger partial charge < -0.3 is 20.9 Å². The summed E-state index contributed by atoms with van der Waals surface area (Å²) in [5.74, 6) is -3.07. The number of aromatic amines is 1. The fourth-order valence-electron chi connectivity index (χ4n) is 1.92. The third-order valence-corrected chi connectivity index (χ3v) is 3.05. The Kier molecular flexibility index (Phi) is 5.92. The molecule has 6 heteroatoms. The van der Waals surface area contributed by atoms with E-state index in [0.717, 1.165) is 6.42 Å². The predicted octanol–water partition coefficient (Wildman–Crippen LogP) is 1.95. The van der Waals surface area contributed by atoms with Crippen LogP contribution in [-0.2, 0) is 16.0 Å². The second-order valence-corrected chi connectivity index (χ2v) is 4.92. The first-order valence-corrected chi connectivity index (χ1v) is 6.63. The number of hydrogen-bond acceptors (Lipinski definition) is 3. The van der Waals surface area contributed by atoms with Gasteiger partial charge in [-0.2, -0.15) is 0 Å². The Morgan fingerprint density at radius 1 is 1.24 bits per heavy atom. The van der Waals surface area contributed by atoms with Crippen molar-refractivity contribution in [2.45, 2.75) is 26.2 Å². The van der Waals surface area contributed by atoms with Crippen LogP contribution < -0.4 is 5.73 Å². The topological polar surface area (TPSA) is 116 Å². The van der Waals surface area contributed by atoms with Crippen LogP contribution in [0.15, 0.2) is 24.4 Å². The maximum Gasteiger partial charge on any atom is 0.414 e. The molecule has 0 spiro atoms. The summed E-state index contributed by atoms with van der Waals surface area (Å²) in [7, 11) is 0. The predicted molar refractivity (Wildman–Crippen MR) is 80.4 cm³/mol. The molecule has 114 valence electrons. The molecule has 0 aliphatic heterocycles. The second-order valence-electron chi connectivity index (χ2n) is 4.92. The minimum absolute atomic E-state index is 0.579. The van der Waals surface area contributed by atoms with Crippen LogP contribution in [0.1, 0.15) is 30.9 Å². The molecule has 0 fully saturated rings. The van der Waals surface area contributed by atoms with Crippen LogP contribution in [0.4, 0.5) is 0 Å². The van der Waals surface area contributed by atoms with Gasteiger partial charge in [-0.05, 0) is 42.1 Å². The second kappa shape index (κ2) is 7.44. The van der Waals surface area contributed by atoms with E-state index in [2.05, 4.69) is 43.2 Å². The van der Waals surface area contributed by atoms with E-state index in [1.807, 2.05) is 0 Å². The summed E-state index contributed by atoms with van der Waals surface area (Å²) < 4.78 is 0. The number of fused-ring (bicyclic) bond motifs is 1. The first-order chi connectivity index (χ1) is 9.86. The number of aromatic nitrogens is 1. The summed E-state index contributed by atoms with van der Waals surface area (Å²) in [4.78, 5) is 21.5. The van der Waals surface area contributed by atoms with Crippen molar-refractivity contribution in [3.63, 3.8) is 0 Å². The Balaban J connectivity index is 0.000000315. The first kappa shape index (κ1) is 16.7. The zero-order chi connectivity index (χ0) is 16.0. The van der Waals surface area contributed by atoms with Crippen LogP contribution >= 0.6 is 0 Å². The number of benzene rings is 1. The van der Waals surface area contributed by atoms with Crippen LogP contribution in [0.25, 0.3) is 10.9 Å². The Hall–Kier alpha value is -2.34. The largest absolute Gasteiger partial charge is 0.473 e. The summed E-state index contributed by atoms with van der Waals surface area (Å²) in [5, 5.41) is 16.1. The van der Waals surface area contributed by atoms with Gasteiger partial charge in [0.1, 0.15) is 0 Å². The normalized spacial score (nSPS) is 10.3. The molecule has 0 aliphatic carbocycles. The first-order valence-electron chi connectivity index (χ1n) is 6.63. The van der Waals surface area contributed by atoms with Crippen molar-refractivity contribution in [3.05, 3.63) is 35.5 Å². The lowest BCUT2D eigenvalue weighted by Gasteiger charge is -2.05. The molecule has 0 atom stereocenters. The summed E-state index contributed by atoms with van der Waals surface area (Å²) >= 11 is 0. The van der Waals surface area contributed by atoms with E-state index in [9.17, 15) is 0 Å². The van der Waals surface area contributed by atoms with Gasteiger partial charge in [-0.1, -0.05) is 19.9 Å². The number of rotatable bonds is 3. The number of aliphatic carboxylic acids is 2. The smallest absolute Gasteiger partial charge is 0.414 e. The van der Waals surface area contributed by atoms with Crippen LogP contribution in [-0.4, -0.2) is 33.7 Å². The maximum atomic E-state index is 9.10. The number of hydrogen-bond donors (Lipinski definition) is 4. The Bertz CT molecular complexity index is 620. The van der Waals surface area contributed by atoms with Crippen molar-refractivity contribution >= 4 is 22.8 Å². The highest BCUT2D eigenvalue weighted by atomic mass is 16.4. The fraction of sp³-hybridized carbons (Fsp3) is 0.333. The number of carboxylic acids is 2. The fourth-order valence-corrected chi connectivity index (χ4v) is 1.92.